The molecule has 0 aliphatic carbocycles. The van der Waals surface area contributed by atoms with E-state index in [1.165, 1.54) is 5.56 Å². The second-order valence-electron chi connectivity index (χ2n) is 4.49. The number of aryl methyl sites for hydroxylation is 1. The number of nitrogens with one attached hydrogen (secondary N) is 1. The van der Waals surface area contributed by atoms with Gasteiger partial charge in [-0.05, 0) is 18.4 Å². The summed E-state index contributed by atoms with van der Waals surface area (Å²) >= 11 is 0. The summed E-state index contributed by atoms with van der Waals surface area (Å²) in [5, 5.41) is 3.18. The van der Waals surface area contributed by atoms with E-state index in [0.29, 0.717) is 6.54 Å². The van der Waals surface area contributed by atoms with Gasteiger partial charge in [0.05, 0.1) is 6.04 Å². The van der Waals surface area contributed by atoms with Crippen LogP contribution in [0.15, 0.2) is 24.3 Å². The van der Waals surface area contributed by atoms with Gasteiger partial charge in [0, 0.05) is 6.54 Å². The molecule has 0 fully saturated rings. The molecule has 0 bridgehead atoms. The van der Waals surface area contributed by atoms with Crippen LogP contribution in [0.1, 0.15) is 25.0 Å². The number of rotatable bonds is 5. The molecule has 3 N–H and O–H groups in total. The summed E-state index contributed by atoms with van der Waals surface area (Å²) in [5.74, 6) is -0.0786. The summed E-state index contributed by atoms with van der Waals surface area (Å²) in [6, 6.07) is 7.97. The lowest BCUT2D eigenvalue weighted by Crippen LogP contribution is -2.44. The Hall–Kier alpha value is -1.35. The van der Waals surface area contributed by atoms with Gasteiger partial charge in [0.2, 0.25) is 5.91 Å². The molecule has 0 aliphatic heterocycles. The van der Waals surface area contributed by atoms with E-state index in [1.807, 2.05) is 13.8 Å². The van der Waals surface area contributed by atoms with Crippen molar-refractivity contribution in [2.75, 3.05) is 0 Å². The number of carbonyl (C=O) groups excluding carboxylic acids is 1. The van der Waals surface area contributed by atoms with Gasteiger partial charge in [-0.1, -0.05) is 43.7 Å². The first-order valence-corrected chi connectivity index (χ1v) is 5.59. The molecule has 0 heterocycles. The Labute approximate surface area is 97.0 Å². The van der Waals surface area contributed by atoms with Crippen molar-refractivity contribution in [1.82, 2.24) is 5.32 Å². The highest BCUT2D eigenvalue weighted by atomic mass is 16.1. The van der Waals surface area contributed by atoms with E-state index in [4.69, 9.17) is 5.73 Å². The Morgan fingerprint density at radius 1 is 1.31 bits per heavy atom. The van der Waals surface area contributed by atoms with Gasteiger partial charge >= 0.3 is 0 Å². The van der Waals surface area contributed by atoms with Crippen LogP contribution in [-0.2, 0) is 11.3 Å². The van der Waals surface area contributed by atoms with Crippen LogP contribution in [0.25, 0.3) is 0 Å². The first-order chi connectivity index (χ1) is 7.50. The number of carbonyl (C=O) groups is 1. The van der Waals surface area contributed by atoms with Crippen molar-refractivity contribution in [1.29, 1.82) is 0 Å². The number of benzene rings is 1. The van der Waals surface area contributed by atoms with E-state index in [2.05, 4.69) is 36.5 Å². The zero-order valence-corrected chi connectivity index (χ0v) is 10.2. The number of amides is 1. The molecule has 0 saturated heterocycles. The SMILES string of the molecule is Cc1ccc(CNC(C(N)=O)C(C)C)cc1. The van der Waals surface area contributed by atoms with Crippen LogP contribution in [0.2, 0.25) is 0 Å². The molecule has 1 rings (SSSR count). The van der Waals surface area contributed by atoms with Crippen LogP contribution in [0.4, 0.5) is 0 Å². The maximum absolute atomic E-state index is 11.2. The van der Waals surface area contributed by atoms with Gasteiger partial charge in [-0.3, -0.25) is 4.79 Å². The lowest BCUT2D eigenvalue weighted by molar-refractivity contribution is -0.121. The van der Waals surface area contributed by atoms with Crippen molar-refractivity contribution in [3.63, 3.8) is 0 Å². The Bertz CT molecular complexity index is 343. The number of primary amides is 1. The molecule has 1 atom stereocenters. The number of hydrogen-bond acceptors (Lipinski definition) is 2. The second-order valence-corrected chi connectivity index (χ2v) is 4.49. The van der Waals surface area contributed by atoms with E-state index in [-0.39, 0.29) is 17.9 Å². The molecule has 16 heavy (non-hydrogen) atoms. The largest absolute Gasteiger partial charge is 0.368 e. The molecular weight excluding hydrogens is 200 g/mol. The first-order valence-electron chi connectivity index (χ1n) is 5.59. The van der Waals surface area contributed by atoms with Crippen molar-refractivity contribution in [2.45, 2.75) is 33.4 Å². The standard InChI is InChI=1S/C13H20N2O/c1-9(2)12(13(14)16)15-8-11-6-4-10(3)5-7-11/h4-7,9,12,15H,8H2,1-3H3,(H2,14,16). The van der Waals surface area contributed by atoms with Crippen LogP contribution < -0.4 is 11.1 Å². The van der Waals surface area contributed by atoms with E-state index < -0.39 is 0 Å². The third-order valence-electron chi connectivity index (χ3n) is 2.62. The fourth-order valence-corrected chi connectivity index (χ4v) is 1.60. The van der Waals surface area contributed by atoms with Crippen molar-refractivity contribution < 1.29 is 4.79 Å². The predicted molar refractivity (Wildman–Crippen MR) is 65.8 cm³/mol. The molecule has 0 spiro atoms. The quantitative estimate of drug-likeness (QED) is 0.791. The maximum Gasteiger partial charge on any atom is 0.234 e. The van der Waals surface area contributed by atoms with Crippen molar-refractivity contribution in [3.05, 3.63) is 35.4 Å². The molecule has 3 nitrogen and oxygen atoms in total. The molecule has 1 aromatic carbocycles. The van der Waals surface area contributed by atoms with Crippen LogP contribution >= 0.6 is 0 Å². The molecule has 0 aromatic heterocycles. The highest BCUT2D eigenvalue weighted by molar-refractivity contribution is 5.80. The van der Waals surface area contributed by atoms with Gasteiger partial charge in [-0.15, -0.1) is 0 Å². The van der Waals surface area contributed by atoms with Crippen LogP contribution in [-0.4, -0.2) is 11.9 Å². The minimum Gasteiger partial charge on any atom is -0.368 e. The normalized spacial score (nSPS) is 12.8. The van der Waals surface area contributed by atoms with Crippen molar-refractivity contribution >= 4 is 5.91 Å². The zero-order chi connectivity index (χ0) is 12.1. The van der Waals surface area contributed by atoms with Gasteiger partial charge < -0.3 is 11.1 Å². The van der Waals surface area contributed by atoms with E-state index in [9.17, 15) is 4.79 Å². The minimum atomic E-state index is -0.290. The summed E-state index contributed by atoms with van der Waals surface area (Å²) in [6.07, 6.45) is 0. The van der Waals surface area contributed by atoms with Crippen LogP contribution in [0.3, 0.4) is 0 Å². The van der Waals surface area contributed by atoms with Gasteiger partial charge in [0.15, 0.2) is 0 Å². The molecule has 3 heteroatoms. The second kappa shape index (κ2) is 5.66. The maximum atomic E-state index is 11.2. The third-order valence-corrected chi connectivity index (χ3v) is 2.62. The van der Waals surface area contributed by atoms with E-state index >= 15 is 0 Å². The summed E-state index contributed by atoms with van der Waals surface area (Å²) in [7, 11) is 0. The summed E-state index contributed by atoms with van der Waals surface area (Å²) < 4.78 is 0. The average Bonchev–Trinajstić information content (AvgIpc) is 2.20. The summed E-state index contributed by atoms with van der Waals surface area (Å²) in [4.78, 5) is 11.2. The van der Waals surface area contributed by atoms with Gasteiger partial charge in [-0.25, -0.2) is 0 Å². The Balaban J connectivity index is 2.55. The molecule has 88 valence electrons. The van der Waals surface area contributed by atoms with E-state index in [1.54, 1.807) is 0 Å². The smallest absolute Gasteiger partial charge is 0.234 e. The highest BCUT2D eigenvalue weighted by Gasteiger charge is 2.18. The van der Waals surface area contributed by atoms with Crippen LogP contribution in [0.5, 0.6) is 0 Å². The minimum absolute atomic E-state index is 0.211. The van der Waals surface area contributed by atoms with Crippen LogP contribution in [0, 0.1) is 12.8 Å². The highest BCUT2D eigenvalue weighted by Crippen LogP contribution is 2.05. The molecule has 1 unspecified atom stereocenters. The molecule has 1 amide bonds. The molecule has 1 aromatic rings. The summed E-state index contributed by atoms with van der Waals surface area (Å²) in [5.41, 5.74) is 7.72. The third kappa shape index (κ3) is 3.66. The lowest BCUT2D eigenvalue weighted by atomic mass is 10.0. The molecule has 0 radical (unpaired) electrons. The van der Waals surface area contributed by atoms with Gasteiger partial charge in [-0.2, -0.15) is 0 Å². The lowest BCUT2D eigenvalue weighted by Gasteiger charge is -2.18. The zero-order valence-electron chi connectivity index (χ0n) is 10.2. The average molecular weight is 220 g/mol. The number of hydrogen-bond donors (Lipinski definition) is 2. The number of nitrogens with two attached hydrogens (primary N) is 1. The fraction of sp³-hybridized carbons (Fsp3) is 0.462. The van der Waals surface area contributed by atoms with Gasteiger partial charge in [0.25, 0.3) is 0 Å². The fourth-order valence-electron chi connectivity index (χ4n) is 1.60. The predicted octanol–water partition coefficient (Wildman–Crippen LogP) is 1.59. The van der Waals surface area contributed by atoms with E-state index in [0.717, 1.165) is 5.56 Å². The van der Waals surface area contributed by atoms with Gasteiger partial charge in [0.1, 0.15) is 0 Å². The first kappa shape index (κ1) is 12.7. The molecular formula is C13H20N2O. The topological polar surface area (TPSA) is 55.1 Å². The Morgan fingerprint density at radius 2 is 1.88 bits per heavy atom. The monoisotopic (exact) mass is 220 g/mol. The Kier molecular flexibility index (Phi) is 4.50. The molecule has 0 saturated carbocycles. The summed E-state index contributed by atoms with van der Waals surface area (Å²) in [6.45, 7) is 6.69. The van der Waals surface area contributed by atoms with Crippen molar-refractivity contribution in [2.24, 2.45) is 11.7 Å². The molecule has 0 aliphatic rings. The van der Waals surface area contributed by atoms with Crippen molar-refractivity contribution in [3.8, 4) is 0 Å². The Morgan fingerprint density at radius 3 is 2.31 bits per heavy atom.